The number of rotatable bonds is 4. The van der Waals surface area contributed by atoms with Crippen molar-refractivity contribution in [1.29, 1.82) is 0 Å². The highest BCUT2D eigenvalue weighted by Crippen LogP contribution is 2.24. The minimum atomic E-state index is -0.269. The summed E-state index contributed by atoms with van der Waals surface area (Å²) in [5.74, 6) is 2.75. The molecule has 0 spiro atoms. The van der Waals surface area contributed by atoms with Gasteiger partial charge in [-0.3, -0.25) is 9.38 Å². The summed E-state index contributed by atoms with van der Waals surface area (Å²) in [7, 11) is 1.80. The van der Waals surface area contributed by atoms with E-state index in [2.05, 4.69) is 29.1 Å². The molecule has 17 heavy (non-hydrogen) atoms. The van der Waals surface area contributed by atoms with Gasteiger partial charge >= 0.3 is 0 Å². The number of nitrogens with one attached hydrogen (secondary N) is 1. The van der Waals surface area contributed by atoms with Gasteiger partial charge in [0.05, 0.1) is 6.67 Å². The summed E-state index contributed by atoms with van der Waals surface area (Å²) in [5.41, 5.74) is 0. The predicted molar refractivity (Wildman–Crippen MR) is 74.6 cm³/mol. The van der Waals surface area contributed by atoms with E-state index in [1.807, 2.05) is 11.8 Å². The number of nitrogens with zero attached hydrogens (tertiary/aromatic N) is 2. The molecule has 1 atom stereocenters. The van der Waals surface area contributed by atoms with E-state index in [9.17, 15) is 4.39 Å². The Morgan fingerprint density at radius 3 is 2.94 bits per heavy atom. The number of halogens is 1. The number of hydrogen-bond acceptors (Lipinski definition) is 2. The summed E-state index contributed by atoms with van der Waals surface area (Å²) in [5, 5.41) is 3.90. The van der Waals surface area contributed by atoms with E-state index in [4.69, 9.17) is 0 Å². The minimum Gasteiger partial charge on any atom is -0.356 e. The summed E-state index contributed by atoms with van der Waals surface area (Å²) >= 11 is 2.05. The monoisotopic (exact) mass is 261 g/mol. The number of aliphatic imine (C=N–C) groups is 1. The van der Waals surface area contributed by atoms with Gasteiger partial charge in [-0.25, -0.2) is 0 Å². The Kier molecular flexibility index (Phi) is 6.70. The Labute approximate surface area is 108 Å². The van der Waals surface area contributed by atoms with Crippen molar-refractivity contribution in [1.82, 2.24) is 10.2 Å². The molecule has 0 aliphatic carbocycles. The lowest BCUT2D eigenvalue weighted by molar-refractivity contribution is 0.378. The van der Waals surface area contributed by atoms with Crippen molar-refractivity contribution in [3.63, 3.8) is 0 Å². The summed E-state index contributed by atoms with van der Waals surface area (Å²) < 4.78 is 12.1. The molecule has 1 aliphatic heterocycles. The third-order valence-electron chi connectivity index (χ3n) is 2.94. The van der Waals surface area contributed by atoms with Crippen molar-refractivity contribution < 1.29 is 4.39 Å². The van der Waals surface area contributed by atoms with E-state index < -0.39 is 0 Å². The first-order valence-corrected chi connectivity index (χ1v) is 7.37. The molecule has 0 aromatic heterocycles. The molecule has 0 bridgehead atoms. The highest BCUT2D eigenvalue weighted by molar-refractivity contribution is 8.00. The largest absolute Gasteiger partial charge is 0.356 e. The van der Waals surface area contributed by atoms with Crippen LogP contribution >= 0.6 is 11.8 Å². The average molecular weight is 261 g/mol. The van der Waals surface area contributed by atoms with Crippen LogP contribution in [0.1, 0.15) is 20.3 Å². The second-order valence-electron chi connectivity index (χ2n) is 4.62. The maximum absolute atomic E-state index is 12.1. The molecule has 0 radical (unpaired) electrons. The van der Waals surface area contributed by atoms with Crippen LogP contribution in [0.15, 0.2) is 4.99 Å². The fourth-order valence-corrected chi connectivity index (χ4v) is 3.17. The lowest BCUT2D eigenvalue weighted by atomic mass is 10.1. The summed E-state index contributed by atoms with van der Waals surface area (Å²) in [6, 6.07) is 0. The average Bonchev–Trinajstić information content (AvgIpc) is 2.35. The van der Waals surface area contributed by atoms with Crippen LogP contribution in [-0.2, 0) is 0 Å². The lowest BCUT2D eigenvalue weighted by Gasteiger charge is -2.36. The van der Waals surface area contributed by atoms with E-state index in [-0.39, 0.29) is 6.67 Å². The van der Waals surface area contributed by atoms with Gasteiger partial charge < -0.3 is 10.2 Å². The quantitative estimate of drug-likeness (QED) is 0.476. The van der Waals surface area contributed by atoms with E-state index >= 15 is 0 Å². The summed E-state index contributed by atoms with van der Waals surface area (Å²) in [6.45, 7) is 7.00. The van der Waals surface area contributed by atoms with Gasteiger partial charge in [0, 0.05) is 37.7 Å². The Bertz CT molecular complexity index is 246. The molecule has 100 valence electrons. The van der Waals surface area contributed by atoms with Gasteiger partial charge in [0.2, 0.25) is 0 Å². The molecule has 3 nitrogen and oxygen atoms in total. The highest BCUT2D eigenvalue weighted by Gasteiger charge is 2.24. The molecule has 1 rings (SSSR count). The third-order valence-corrected chi connectivity index (χ3v) is 4.48. The van der Waals surface area contributed by atoms with E-state index in [1.165, 1.54) is 0 Å². The minimum absolute atomic E-state index is 0.269. The molecule has 0 aromatic rings. The number of guanidine groups is 1. The van der Waals surface area contributed by atoms with Crippen LogP contribution in [0.3, 0.4) is 0 Å². The molecule has 0 aromatic carbocycles. The van der Waals surface area contributed by atoms with Gasteiger partial charge in [-0.1, -0.05) is 13.8 Å². The Morgan fingerprint density at radius 2 is 2.35 bits per heavy atom. The van der Waals surface area contributed by atoms with Crippen LogP contribution in [-0.4, -0.2) is 55.2 Å². The number of alkyl halides is 1. The maximum atomic E-state index is 12.1. The van der Waals surface area contributed by atoms with Crippen LogP contribution < -0.4 is 5.32 Å². The molecule has 5 heteroatoms. The SMILES string of the molecule is CN=C(NCCCF)N1CCSC(C(C)C)C1. The molecule has 1 N–H and O–H groups in total. The van der Waals surface area contributed by atoms with Crippen LogP contribution in [0.25, 0.3) is 0 Å². The Hall–Kier alpha value is -0.450. The Morgan fingerprint density at radius 1 is 1.59 bits per heavy atom. The first-order chi connectivity index (χ1) is 8.19. The molecule has 0 saturated carbocycles. The van der Waals surface area contributed by atoms with E-state index in [0.29, 0.717) is 24.1 Å². The lowest BCUT2D eigenvalue weighted by Crippen LogP contribution is -2.49. The van der Waals surface area contributed by atoms with Crippen molar-refractivity contribution in [2.45, 2.75) is 25.5 Å². The summed E-state index contributed by atoms with van der Waals surface area (Å²) in [4.78, 5) is 6.57. The molecule has 1 fully saturated rings. The van der Waals surface area contributed by atoms with Crippen LogP contribution in [0.2, 0.25) is 0 Å². The standard InChI is InChI=1S/C12H24FN3S/c1-10(2)11-9-16(7-8-17-11)12(14-3)15-6-4-5-13/h10-11H,4-9H2,1-3H3,(H,14,15). The van der Waals surface area contributed by atoms with Crippen molar-refractivity contribution in [2.24, 2.45) is 10.9 Å². The predicted octanol–water partition coefficient (Wildman–Crippen LogP) is 1.99. The van der Waals surface area contributed by atoms with Gasteiger partial charge in [0.15, 0.2) is 5.96 Å². The first-order valence-electron chi connectivity index (χ1n) is 6.32. The van der Waals surface area contributed by atoms with Gasteiger partial charge in [0.1, 0.15) is 0 Å². The molecule has 1 unspecified atom stereocenters. The summed E-state index contributed by atoms with van der Waals surface area (Å²) in [6.07, 6.45) is 0.551. The molecule has 1 aliphatic rings. The van der Waals surface area contributed by atoms with Gasteiger partial charge in [-0.2, -0.15) is 11.8 Å². The van der Waals surface area contributed by atoms with Gasteiger partial charge in [-0.15, -0.1) is 0 Å². The first kappa shape index (κ1) is 14.6. The second-order valence-corrected chi connectivity index (χ2v) is 5.96. The van der Waals surface area contributed by atoms with Crippen molar-refractivity contribution in [3.05, 3.63) is 0 Å². The molecular formula is C12H24FN3S. The Balaban J connectivity index is 2.45. The molecule has 1 saturated heterocycles. The van der Waals surface area contributed by atoms with Crippen molar-refractivity contribution in [3.8, 4) is 0 Å². The van der Waals surface area contributed by atoms with Gasteiger partial charge in [0.25, 0.3) is 0 Å². The zero-order valence-corrected chi connectivity index (χ0v) is 11.9. The molecular weight excluding hydrogens is 237 g/mol. The normalized spacial score (nSPS) is 22.1. The van der Waals surface area contributed by atoms with Gasteiger partial charge in [-0.05, 0) is 12.3 Å². The fraction of sp³-hybridized carbons (Fsp3) is 0.917. The molecule has 0 amide bonds. The highest BCUT2D eigenvalue weighted by atomic mass is 32.2. The van der Waals surface area contributed by atoms with Crippen LogP contribution in [0.4, 0.5) is 4.39 Å². The number of hydrogen-bond donors (Lipinski definition) is 1. The third kappa shape index (κ3) is 4.74. The second kappa shape index (κ2) is 7.80. The zero-order valence-electron chi connectivity index (χ0n) is 11.1. The number of thioether (sulfide) groups is 1. The van der Waals surface area contributed by atoms with Crippen LogP contribution in [0.5, 0.6) is 0 Å². The fourth-order valence-electron chi connectivity index (χ4n) is 1.87. The van der Waals surface area contributed by atoms with E-state index in [0.717, 1.165) is 24.8 Å². The maximum Gasteiger partial charge on any atom is 0.193 e. The van der Waals surface area contributed by atoms with Crippen LogP contribution in [0, 0.1) is 5.92 Å². The topological polar surface area (TPSA) is 27.6 Å². The zero-order chi connectivity index (χ0) is 12.7. The van der Waals surface area contributed by atoms with Crippen molar-refractivity contribution in [2.75, 3.05) is 39.1 Å². The van der Waals surface area contributed by atoms with Crippen molar-refractivity contribution >= 4 is 17.7 Å². The smallest absolute Gasteiger partial charge is 0.193 e. The van der Waals surface area contributed by atoms with E-state index in [1.54, 1.807) is 7.05 Å². The molecule has 1 heterocycles.